The van der Waals surface area contributed by atoms with E-state index in [0.717, 1.165) is 25.2 Å². The van der Waals surface area contributed by atoms with Gasteiger partial charge in [0.05, 0.1) is 59.4 Å². The fourth-order valence-electron chi connectivity index (χ4n) is 3.37. The highest BCUT2D eigenvalue weighted by atomic mass is 16.6. The summed E-state index contributed by atoms with van der Waals surface area (Å²) in [7, 11) is 0. The number of likely N-dealkylation sites (tertiary alicyclic amines) is 1. The molecule has 0 amide bonds. The van der Waals surface area contributed by atoms with E-state index in [0.29, 0.717) is 77.6 Å². The number of hydrogen-bond acceptors (Lipinski definition) is 7. The molecule has 1 aromatic rings. The molecule has 31 heavy (non-hydrogen) atoms. The van der Waals surface area contributed by atoms with Crippen molar-refractivity contribution >= 4 is 0 Å². The van der Waals surface area contributed by atoms with Crippen LogP contribution in [0.2, 0.25) is 0 Å². The fraction of sp³-hybridized carbons (Fsp3) is 0.667. The molecule has 3 rings (SSSR count). The number of rotatable bonds is 1. The minimum absolute atomic E-state index is 0.431. The van der Waals surface area contributed by atoms with Crippen molar-refractivity contribution in [3.05, 3.63) is 23.8 Å². The van der Waals surface area contributed by atoms with Crippen molar-refractivity contribution in [3.63, 3.8) is 0 Å². The molecule has 2 aliphatic rings. The van der Waals surface area contributed by atoms with Crippen molar-refractivity contribution in [1.82, 2.24) is 4.90 Å². The lowest BCUT2D eigenvalue weighted by atomic mass is 10.1. The predicted octanol–water partition coefficient (Wildman–Crippen LogP) is 2.36. The number of ether oxygens (including phenoxy) is 6. The average molecular weight is 434 g/mol. The van der Waals surface area contributed by atoms with Gasteiger partial charge in [0.15, 0.2) is 11.5 Å². The normalized spacial score (nSPS) is 20.6. The third-order valence-electron chi connectivity index (χ3n) is 5.01. The molecule has 0 spiro atoms. The second kappa shape index (κ2) is 15.1. The molecule has 0 radical (unpaired) electrons. The molecule has 0 aromatic heterocycles. The summed E-state index contributed by atoms with van der Waals surface area (Å²) in [6.07, 6.45) is 3.88. The zero-order valence-electron chi connectivity index (χ0n) is 18.4. The molecule has 0 N–H and O–H groups in total. The summed E-state index contributed by atoms with van der Waals surface area (Å²) in [5.74, 6) is 7.92. The Morgan fingerprint density at radius 3 is 1.81 bits per heavy atom. The van der Waals surface area contributed by atoms with Crippen LogP contribution in [0.3, 0.4) is 0 Å². The quantitative estimate of drug-likeness (QED) is 0.630. The van der Waals surface area contributed by atoms with Crippen LogP contribution in [-0.2, 0) is 18.9 Å². The zero-order chi connectivity index (χ0) is 21.4. The molecule has 172 valence electrons. The van der Waals surface area contributed by atoms with Gasteiger partial charge in [-0.15, -0.1) is 0 Å². The molecule has 2 aliphatic heterocycles. The topological polar surface area (TPSA) is 58.6 Å². The van der Waals surface area contributed by atoms with E-state index in [1.54, 1.807) is 0 Å². The Morgan fingerprint density at radius 2 is 1.19 bits per heavy atom. The lowest BCUT2D eigenvalue weighted by molar-refractivity contribution is -0.00841. The minimum atomic E-state index is 0.431. The second-order valence-electron chi connectivity index (χ2n) is 7.45. The van der Waals surface area contributed by atoms with E-state index in [4.69, 9.17) is 28.4 Å². The number of piperidine rings is 1. The lowest BCUT2D eigenvalue weighted by Gasteiger charge is -2.23. The van der Waals surface area contributed by atoms with Crippen molar-refractivity contribution in [2.45, 2.75) is 19.3 Å². The van der Waals surface area contributed by atoms with Crippen LogP contribution < -0.4 is 9.47 Å². The SMILES string of the molecule is C(#Cc1ccc2c(c1)OCCOCCOCCOCCOCCO2)CN1CCCCC1. The van der Waals surface area contributed by atoms with Crippen molar-refractivity contribution in [2.75, 3.05) is 85.7 Å². The highest BCUT2D eigenvalue weighted by Gasteiger charge is 2.09. The second-order valence-corrected chi connectivity index (χ2v) is 7.45. The monoisotopic (exact) mass is 433 g/mol. The molecule has 2 heterocycles. The molecule has 1 saturated heterocycles. The van der Waals surface area contributed by atoms with E-state index in [-0.39, 0.29) is 0 Å². The summed E-state index contributed by atoms with van der Waals surface area (Å²) >= 11 is 0. The molecule has 1 fully saturated rings. The molecule has 0 saturated carbocycles. The predicted molar refractivity (Wildman–Crippen MR) is 118 cm³/mol. The smallest absolute Gasteiger partial charge is 0.162 e. The molecule has 0 aliphatic carbocycles. The first-order valence-corrected chi connectivity index (χ1v) is 11.3. The van der Waals surface area contributed by atoms with Gasteiger partial charge in [-0.1, -0.05) is 18.3 Å². The van der Waals surface area contributed by atoms with Gasteiger partial charge in [0, 0.05) is 5.56 Å². The van der Waals surface area contributed by atoms with E-state index in [9.17, 15) is 0 Å². The fourth-order valence-corrected chi connectivity index (χ4v) is 3.37. The van der Waals surface area contributed by atoms with Crippen LogP contribution in [0.1, 0.15) is 24.8 Å². The maximum Gasteiger partial charge on any atom is 0.162 e. The zero-order valence-corrected chi connectivity index (χ0v) is 18.4. The van der Waals surface area contributed by atoms with E-state index < -0.39 is 0 Å². The van der Waals surface area contributed by atoms with Crippen LogP contribution in [0.5, 0.6) is 11.5 Å². The van der Waals surface area contributed by atoms with Crippen LogP contribution in [-0.4, -0.2) is 90.6 Å². The van der Waals surface area contributed by atoms with Gasteiger partial charge in [-0.2, -0.15) is 0 Å². The highest BCUT2D eigenvalue weighted by Crippen LogP contribution is 2.28. The van der Waals surface area contributed by atoms with E-state index >= 15 is 0 Å². The van der Waals surface area contributed by atoms with Gasteiger partial charge >= 0.3 is 0 Å². The van der Waals surface area contributed by atoms with E-state index in [2.05, 4.69) is 16.7 Å². The van der Waals surface area contributed by atoms with Gasteiger partial charge in [-0.3, -0.25) is 4.90 Å². The van der Waals surface area contributed by atoms with Gasteiger partial charge in [-0.25, -0.2) is 0 Å². The van der Waals surface area contributed by atoms with E-state index in [1.165, 1.54) is 19.3 Å². The third kappa shape index (κ3) is 9.90. The van der Waals surface area contributed by atoms with Crippen LogP contribution in [0.15, 0.2) is 18.2 Å². The number of hydrogen-bond donors (Lipinski definition) is 0. The van der Waals surface area contributed by atoms with Crippen molar-refractivity contribution in [2.24, 2.45) is 0 Å². The Balaban J connectivity index is 1.55. The summed E-state index contributed by atoms with van der Waals surface area (Å²) in [5, 5.41) is 0. The van der Waals surface area contributed by atoms with Gasteiger partial charge in [0.25, 0.3) is 0 Å². The largest absolute Gasteiger partial charge is 0.487 e. The van der Waals surface area contributed by atoms with Gasteiger partial charge in [0.1, 0.15) is 13.2 Å². The van der Waals surface area contributed by atoms with Crippen molar-refractivity contribution in [1.29, 1.82) is 0 Å². The van der Waals surface area contributed by atoms with Crippen molar-refractivity contribution in [3.8, 4) is 23.3 Å². The standard InChI is InChI=1S/C24H35NO6/c1-2-8-25(9-3-1)10-4-5-22-6-7-23-24(21-22)31-20-18-29-16-14-27-12-11-26-13-15-28-17-19-30-23/h6-7,21H,1-3,8-20H2. The average Bonchev–Trinajstić information content (AvgIpc) is 2.80. The Hall–Kier alpha value is -1.82. The Bertz CT molecular complexity index is 680. The summed E-state index contributed by atoms with van der Waals surface area (Å²) in [6, 6.07) is 5.82. The maximum absolute atomic E-state index is 5.94. The highest BCUT2D eigenvalue weighted by molar-refractivity contribution is 5.48. The van der Waals surface area contributed by atoms with Gasteiger partial charge < -0.3 is 28.4 Å². The third-order valence-corrected chi connectivity index (χ3v) is 5.01. The summed E-state index contributed by atoms with van der Waals surface area (Å²) in [6.45, 7) is 8.19. The number of fused-ring (bicyclic) bond motifs is 1. The molecule has 1 aromatic carbocycles. The molecule has 0 atom stereocenters. The van der Waals surface area contributed by atoms with Crippen molar-refractivity contribution < 1.29 is 28.4 Å². The van der Waals surface area contributed by atoms with Crippen LogP contribution in [0, 0.1) is 11.8 Å². The van der Waals surface area contributed by atoms with Crippen LogP contribution in [0.25, 0.3) is 0 Å². The molecule has 0 unspecified atom stereocenters. The molecular formula is C24H35NO6. The Labute approximate surface area is 185 Å². The number of benzene rings is 1. The Kier molecular flexibility index (Phi) is 11.6. The van der Waals surface area contributed by atoms with Gasteiger partial charge in [-0.05, 0) is 44.1 Å². The summed E-state index contributed by atoms with van der Waals surface area (Å²) in [5.41, 5.74) is 0.921. The number of nitrogens with zero attached hydrogens (tertiary/aromatic N) is 1. The molecule has 7 heteroatoms. The van der Waals surface area contributed by atoms with Crippen LogP contribution in [0.4, 0.5) is 0 Å². The van der Waals surface area contributed by atoms with E-state index in [1.807, 2.05) is 18.2 Å². The maximum atomic E-state index is 5.94. The first-order chi connectivity index (χ1) is 15.4. The molecule has 0 bridgehead atoms. The molecular weight excluding hydrogens is 398 g/mol. The first kappa shape index (κ1) is 23.8. The van der Waals surface area contributed by atoms with Gasteiger partial charge in [0.2, 0.25) is 0 Å². The van der Waals surface area contributed by atoms with Crippen LogP contribution >= 0.6 is 0 Å². The summed E-state index contributed by atoms with van der Waals surface area (Å²) < 4.78 is 33.9. The molecule has 7 nitrogen and oxygen atoms in total. The first-order valence-electron chi connectivity index (χ1n) is 11.3. The lowest BCUT2D eigenvalue weighted by Crippen LogP contribution is -2.29. The minimum Gasteiger partial charge on any atom is -0.487 e. The Morgan fingerprint density at radius 1 is 0.645 bits per heavy atom. The summed E-state index contributed by atoms with van der Waals surface area (Å²) in [4.78, 5) is 2.41.